The van der Waals surface area contributed by atoms with Crippen LogP contribution in [0.1, 0.15) is 34.1 Å². The van der Waals surface area contributed by atoms with E-state index in [1.54, 1.807) is 12.1 Å². The Kier molecular flexibility index (Phi) is 8.95. The van der Waals surface area contributed by atoms with Gasteiger partial charge in [0.2, 0.25) is 0 Å². The molecule has 2 aromatic rings. The van der Waals surface area contributed by atoms with E-state index in [0.717, 1.165) is 17.6 Å². The molecule has 0 fully saturated rings. The topological polar surface area (TPSA) is 42.7 Å². The molecule has 0 aliphatic heterocycles. The first-order valence-corrected chi connectivity index (χ1v) is 8.93. The van der Waals surface area contributed by atoms with Crippen molar-refractivity contribution in [2.75, 3.05) is 26.2 Å². The van der Waals surface area contributed by atoms with Crippen LogP contribution in [-0.4, -0.2) is 31.1 Å². The molecule has 1 aromatic heterocycles. The monoisotopic (exact) mass is 383 g/mol. The molecule has 0 N–H and O–H groups in total. The summed E-state index contributed by atoms with van der Waals surface area (Å²) in [5.41, 5.74) is 0.168. The molecule has 0 aliphatic rings. The number of benzene rings is 1. The molecule has 23 heavy (non-hydrogen) atoms. The summed E-state index contributed by atoms with van der Waals surface area (Å²) in [5.74, 6) is 0.722. The van der Waals surface area contributed by atoms with E-state index in [1.807, 2.05) is 19.1 Å². The summed E-state index contributed by atoms with van der Waals surface area (Å²) in [4.78, 5) is 13.7. The highest BCUT2D eigenvalue weighted by atomic mass is 79.9. The average Bonchev–Trinajstić information content (AvgIpc) is 2.56. The van der Waals surface area contributed by atoms with E-state index in [2.05, 4.69) is 41.6 Å². The van der Waals surface area contributed by atoms with Crippen LogP contribution in [0, 0.1) is 0 Å². The Hall–Kier alpha value is -1.33. The third-order valence-corrected chi connectivity index (χ3v) is 4.03. The third-order valence-electron chi connectivity index (χ3n) is 3.48. The molecule has 1 heterocycles. The van der Waals surface area contributed by atoms with Crippen LogP contribution in [0.3, 0.4) is 0 Å². The van der Waals surface area contributed by atoms with Crippen molar-refractivity contribution in [1.29, 1.82) is 0 Å². The van der Waals surface area contributed by atoms with Crippen molar-refractivity contribution in [1.82, 2.24) is 4.90 Å². The molecule has 0 radical (unpaired) electrons. The van der Waals surface area contributed by atoms with Gasteiger partial charge in [0.15, 0.2) is 0 Å². The number of halogens is 1. The van der Waals surface area contributed by atoms with E-state index < -0.39 is 0 Å². The molecular weight excluding hydrogens is 358 g/mol. The summed E-state index contributed by atoms with van der Waals surface area (Å²) in [6.45, 7) is 12.8. The van der Waals surface area contributed by atoms with Gasteiger partial charge in [0.05, 0.1) is 6.61 Å². The van der Waals surface area contributed by atoms with Gasteiger partial charge >= 0.3 is 5.63 Å². The summed E-state index contributed by atoms with van der Waals surface area (Å²) in [7, 11) is 0. The van der Waals surface area contributed by atoms with E-state index in [-0.39, 0.29) is 5.63 Å². The fraction of sp³-hybridized carbons (Fsp3) is 0.500. The van der Waals surface area contributed by atoms with Crippen LogP contribution in [-0.2, 0) is 0 Å². The van der Waals surface area contributed by atoms with Crippen molar-refractivity contribution in [3.63, 3.8) is 0 Å². The summed E-state index contributed by atoms with van der Waals surface area (Å²) in [6, 6.07) is 7.21. The molecule has 0 unspecified atom stereocenters. The largest absolute Gasteiger partial charge is 0.493 e. The number of fused-ring (bicyclic) bond motifs is 1. The normalized spacial score (nSPS) is 10.5. The van der Waals surface area contributed by atoms with Gasteiger partial charge < -0.3 is 14.1 Å². The molecule has 5 heteroatoms. The number of ether oxygens (including phenoxy) is 1. The Balaban J connectivity index is 0.000000322. The fourth-order valence-electron chi connectivity index (χ4n) is 2.05. The minimum atomic E-state index is -0.375. The van der Waals surface area contributed by atoms with Crippen LogP contribution in [0.5, 0.6) is 5.75 Å². The fourth-order valence-corrected chi connectivity index (χ4v) is 2.37. The van der Waals surface area contributed by atoms with E-state index in [4.69, 9.17) is 9.15 Å². The summed E-state index contributed by atoms with van der Waals surface area (Å²) in [5, 5.41) is 0.871. The molecule has 0 bridgehead atoms. The molecule has 0 aliphatic carbocycles. The zero-order valence-corrected chi connectivity index (χ0v) is 16.0. The molecule has 0 saturated heterocycles. The van der Waals surface area contributed by atoms with E-state index in [1.165, 1.54) is 19.6 Å². The van der Waals surface area contributed by atoms with Crippen LogP contribution in [0.4, 0.5) is 0 Å². The second kappa shape index (κ2) is 10.4. The van der Waals surface area contributed by atoms with Crippen LogP contribution in [0.15, 0.2) is 37.9 Å². The van der Waals surface area contributed by atoms with Crippen molar-refractivity contribution < 1.29 is 9.15 Å². The average molecular weight is 384 g/mol. The van der Waals surface area contributed by atoms with E-state index >= 15 is 0 Å². The Morgan fingerprint density at radius 2 is 1.74 bits per heavy atom. The van der Waals surface area contributed by atoms with Crippen LogP contribution >= 0.6 is 15.9 Å². The maximum atomic E-state index is 11.3. The first-order valence-electron chi connectivity index (χ1n) is 8.14. The Bertz CT molecular complexity index is 645. The number of rotatable bonds is 6. The van der Waals surface area contributed by atoms with Crippen LogP contribution in [0.2, 0.25) is 0 Å². The van der Waals surface area contributed by atoms with Crippen molar-refractivity contribution in [3.05, 3.63) is 39.2 Å². The predicted molar refractivity (Wildman–Crippen MR) is 99.4 cm³/mol. The summed E-state index contributed by atoms with van der Waals surface area (Å²) >= 11 is 3.14. The van der Waals surface area contributed by atoms with Gasteiger partial charge in [-0.15, -0.1) is 0 Å². The maximum Gasteiger partial charge on any atom is 0.350 e. The highest BCUT2D eigenvalue weighted by Crippen LogP contribution is 2.21. The first kappa shape index (κ1) is 19.7. The zero-order valence-electron chi connectivity index (χ0n) is 14.4. The Labute approximate surface area is 146 Å². The lowest BCUT2D eigenvalue weighted by atomic mass is 10.2. The Morgan fingerprint density at radius 3 is 2.26 bits per heavy atom. The lowest BCUT2D eigenvalue weighted by Gasteiger charge is -2.13. The second-order valence-corrected chi connectivity index (χ2v) is 5.90. The van der Waals surface area contributed by atoms with Gasteiger partial charge in [0.25, 0.3) is 0 Å². The van der Waals surface area contributed by atoms with E-state index in [0.29, 0.717) is 16.7 Å². The molecular formula is C18H26BrNO3. The van der Waals surface area contributed by atoms with Crippen LogP contribution in [0.25, 0.3) is 11.0 Å². The van der Waals surface area contributed by atoms with Crippen LogP contribution < -0.4 is 10.4 Å². The first-order chi connectivity index (χ1) is 11.0. The van der Waals surface area contributed by atoms with Gasteiger partial charge in [-0.1, -0.05) is 27.7 Å². The highest BCUT2D eigenvalue weighted by Gasteiger charge is 2.03. The number of nitrogens with zero attached hydrogens (tertiary/aromatic N) is 1. The molecule has 0 spiro atoms. The van der Waals surface area contributed by atoms with Crippen molar-refractivity contribution in [3.8, 4) is 5.75 Å². The van der Waals surface area contributed by atoms with Gasteiger partial charge in [-0.05, 0) is 60.2 Å². The third kappa shape index (κ3) is 6.36. The summed E-state index contributed by atoms with van der Waals surface area (Å²) in [6.07, 6.45) is 0.947. The van der Waals surface area contributed by atoms with Gasteiger partial charge in [0, 0.05) is 11.5 Å². The molecule has 4 nitrogen and oxygen atoms in total. The maximum absolute atomic E-state index is 11.3. The minimum Gasteiger partial charge on any atom is -0.493 e. The van der Waals surface area contributed by atoms with Crippen molar-refractivity contribution in [2.45, 2.75) is 34.1 Å². The van der Waals surface area contributed by atoms with Gasteiger partial charge in [-0.3, -0.25) is 0 Å². The minimum absolute atomic E-state index is 0.375. The Morgan fingerprint density at radius 1 is 1.09 bits per heavy atom. The van der Waals surface area contributed by atoms with Gasteiger partial charge in [-0.2, -0.15) is 0 Å². The highest BCUT2D eigenvalue weighted by molar-refractivity contribution is 9.10. The van der Waals surface area contributed by atoms with Crippen molar-refractivity contribution >= 4 is 26.9 Å². The molecule has 0 atom stereocenters. The van der Waals surface area contributed by atoms with Gasteiger partial charge in [-0.25, -0.2) is 4.79 Å². The lowest BCUT2D eigenvalue weighted by Crippen LogP contribution is -2.21. The SMILES string of the molecule is CCCOc1ccc2cc(Br)c(=O)oc2c1.CCN(CC)CC. The second-order valence-electron chi connectivity index (χ2n) is 5.05. The van der Waals surface area contributed by atoms with Gasteiger partial charge in [0.1, 0.15) is 15.8 Å². The molecule has 1 aromatic carbocycles. The predicted octanol–water partition coefficient (Wildman–Crippen LogP) is 4.69. The lowest BCUT2D eigenvalue weighted by molar-refractivity contribution is 0.317. The smallest absolute Gasteiger partial charge is 0.350 e. The van der Waals surface area contributed by atoms with Crippen molar-refractivity contribution in [2.24, 2.45) is 0 Å². The molecule has 128 valence electrons. The molecule has 0 saturated carbocycles. The molecule has 2 rings (SSSR count). The van der Waals surface area contributed by atoms with E-state index in [9.17, 15) is 4.79 Å². The number of hydrogen-bond donors (Lipinski definition) is 0. The summed E-state index contributed by atoms with van der Waals surface area (Å²) < 4.78 is 11.0. The zero-order chi connectivity index (χ0) is 17.2. The molecule has 0 amide bonds. The standard InChI is InChI=1S/C12H11BrO3.C6H15N/c1-2-5-15-9-4-3-8-6-10(13)12(14)16-11(8)7-9;1-4-7(5-2)6-3/h3-4,6-7H,2,5H2,1H3;4-6H2,1-3H3. The quantitative estimate of drug-likeness (QED) is 0.678. The number of hydrogen-bond acceptors (Lipinski definition) is 4.